The van der Waals surface area contributed by atoms with Crippen LogP contribution < -0.4 is 5.32 Å². The highest BCUT2D eigenvalue weighted by molar-refractivity contribution is 5.92. The second kappa shape index (κ2) is 8.67. The van der Waals surface area contributed by atoms with Gasteiger partial charge in [0.05, 0.1) is 5.56 Å². The summed E-state index contributed by atoms with van der Waals surface area (Å²) in [7, 11) is 2.13. The Morgan fingerprint density at radius 1 is 1.15 bits per heavy atom. The molecule has 0 saturated carbocycles. The molecule has 27 heavy (non-hydrogen) atoms. The number of nitrogens with one attached hydrogen (secondary N) is 1. The predicted molar refractivity (Wildman–Crippen MR) is 104 cm³/mol. The number of amides is 1. The van der Waals surface area contributed by atoms with Gasteiger partial charge in [-0.25, -0.2) is 4.39 Å². The zero-order chi connectivity index (χ0) is 19.4. The number of hydrogen-bond donors (Lipinski definition) is 1. The van der Waals surface area contributed by atoms with Gasteiger partial charge in [-0.15, -0.1) is 0 Å². The van der Waals surface area contributed by atoms with Crippen molar-refractivity contribution in [3.05, 3.63) is 48.0 Å². The highest BCUT2D eigenvalue weighted by Crippen LogP contribution is 2.24. The van der Waals surface area contributed by atoms with Gasteiger partial charge in [0.25, 0.3) is 5.91 Å². The molecule has 1 aromatic carbocycles. The number of carbonyl (C=O) groups is 1. The van der Waals surface area contributed by atoms with Crippen molar-refractivity contribution in [3.8, 4) is 11.3 Å². The van der Waals surface area contributed by atoms with Crippen LogP contribution in [0.3, 0.4) is 0 Å². The summed E-state index contributed by atoms with van der Waals surface area (Å²) in [5.74, 6) is 0.359. The predicted octanol–water partition coefficient (Wildman–Crippen LogP) is 3.09. The summed E-state index contributed by atoms with van der Waals surface area (Å²) < 4.78 is 19.5. The fourth-order valence-corrected chi connectivity index (χ4v) is 3.49. The van der Waals surface area contributed by atoms with E-state index in [-0.39, 0.29) is 23.5 Å². The molecule has 0 bridgehead atoms. The molecule has 0 aliphatic carbocycles. The second-order valence-corrected chi connectivity index (χ2v) is 7.50. The van der Waals surface area contributed by atoms with Crippen molar-refractivity contribution in [2.75, 3.05) is 39.8 Å². The summed E-state index contributed by atoms with van der Waals surface area (Å²) in [4.78, 5) is 17.3. The fourth-order valence-electron chi connectivity index (χ4n) is 3.49. The maximum absolute atomic E-state index is 13.9. The van der Waals surface area contributed by atoms with E-state index < -0.39 is 0 Å². The van der Waals surface area contributed by atoms with Gasteiger partial charge in [-0.05, 0) is 37.2 Å². The largest absolute Gasteiger partial charge is 0.451 e. The molecule has 146 valence electrons. The molecule has 1 amide bonds. The van der Waals surface area contributed by atoms with E-state index in [1.165, 1.54) is 6.07 Å². The lowest BCUT2D eigenvalue weighted by molar-refractivity contribution is 0.0777. The Bertz CT molecular complexity index is 766. The molecule has 1 aliphatic heterocycles. The first kappa shape index (κ1) is 19.6. The Kier molecular flexibility index (Phi) is 6.29. The number of halogens is 1. The van der Waals surface area contributed by atoms with Crippen LogP contribution in [0.4, 0.5) is 4.39 Å². The van der Waals surface area contributed by atoms with Crippen LogP contribution in [0.2, 0.25) is 0 Å². The molecule has 1 unspecified atom stereocenters. The van der Waals surface area contributed by atoms with Crippen LogP contribution in [0.1, 0.15) is 24.4 Å². The van der Waals surface area contributed by atoms with Crippen LogP contribution >= 0.6 is 0 Å². The van der Waals surface area contributed by atoms with Gasteiger partial charge < -0.3 is 14.6 Å². The summed E-state index contributed by atoms with van der Waals surface area (Å²) in [6, 6.07) is 9.89. The standard InChI is InChI=1S/C21H28FN3O2/c1-15(2)18(25-12-10-24(3)11-13-25)14-23-21(26)20-9-8-19(27-20)16-6-4-5-7-17(16)22/h4-9,15,18H,10-14H2,1-3H3,(H,23,26). The molecule has 5 nitrogen and oxygen atoms in total. The number of hydrogen-bond acceptors (Lipinski definition) is 4. The third kappa shape index (κ3) is 4.76. The second-order valence-electron chi connectivity index (χ2n) is 7.50. The van der Waals surface area contributed by atoms with E-state index in [4.69, 9.17) is 4.42 Å². The van der Waals surface area contributed by atoms with Crippen molar-refractivity contribution >= 4 is 5.91 Å². The molecule has 1 aromatic heterocycles. The molecule has 6 heteroatoms. The highest BCUT2D eigenvalue weighted by atomic mass is 19.1. The molecule has 2 aromatic rings. The minimum absolute atomic E-state index is 0.203. The van der Waals surface area contributed by atoms with E-state index in [2.05, 4.69) is 36.0 Å². The summed E-state index contributed by atoms with van der Waals surface area (Å²) in [6.07, 6.45) is 0. The van der Waals surface area contributed by atoms with E-state index in [1.807, 2.05) is 0 Å². The lowest BCUT2D eigenvalue weighted by atomic mass is 10.0. The number of piperazine rings is 1. The summed E-state index contributed by atoms with van der Waals surface area (Å²) in [5, 5.41) is 2.99. The Hall–Kier alpha value is -2.18. The lowest BCUT2D eigenvalue weighted by Crippen LogP contribution is -2.54. The molecular weight excluding hydrogens is 345 g/mol. The van der Waals surface area contributed by atoms with Crippen molar-refractivity contribution in [3.63, 3.8) is 0 Å². The summed E-state index contributed by atoms with van der Waals surface area (Å²) in [6.45, 7) is 9.02. The number of carbonyl (C=O) groups excluding carboxylic acids is 1. The molecule has 1 atom stereocenters. The van der Waals surface area contributed by atoms with Crippen LogP contribution in [-0.4, -0.2) is 61.5 Å². The normalized spacial score (nSPS) is 17.2. The van der Waals surface area contributed by atoms with E-state index in [0.717, 1.165) is 26.2 Å². The van der Waals surface area contributed by atoms with Crippen molar-refractivity contribution in [2.24, 2.45) is 5.92 Å². The van der Waals surface area contributed by atoms with Crippen LogP contribution in [0.15, 0.2) is 40.8 Å². The molecule has 1 fully saturated rings. The quantitative estimate of drug-likeness (QED) is 0.845. The van der Waals surface area contributed by atoms with Gasteiger partial charge in [0.15, 0.2) is 5.76 Å². The number of benzene rings is 1. The Morgan fingerprint density at radius 2 is 1.85 bits per heavy atom. The molecular formula is C21H28FN3O2. The zero-order valence-electron chi connectivity index (χ0n) is 16.2. The smallest absolute Gasteiger partial charge is 0.287 e. The minimum Gasteiger partial charge on any atom is -0.451 e. The monoisotopic (exact) mass is 373 g/mol. The van der Waals surface area contributed by atoms with E-state index in [9.17, 15) is 9.18 Å². The van der Waals surface area contributed by atoms with Gasteiger partial charge in [0, 0.05) is 38.8 Å². The topological polar surface area (TPSA) is 48.7 Å². The van der Waals surface area contributed by atoms with Crippen molar-refractivity contribution < 1.29 is 13.6 Å². The van der Waals surface area contributed by atoms with Gasteiger partial charge in [0.2, 0.25) is 0 Å². The third-order valence-electron chi connectivity index (χ3n) is 5.22. The summed E-state index contributed by atoms with van der Waals surface area (Å²) >= 11 is 0. The molecule has 0 spiro atoms. The first-order chi connectivity index (χ1) is 13.0. The van der Waals surface area contributed by atoms with Gasteiger partial charge in [-0.3, -0.25) is 9.69 Å². The molecule has 1 N–H and O–H groups in total. The van der Waals surface area contributed by atoms with Crippen LogP contribution in [-0.2, 0) is 0 Å². The van der Waals surface area contributed by atoms with Gasteiger partial charge in [0.1, 0.15) is 11.6 Å². The maximum atomic E-state index is 13.9. The zero-order valence-corrected chi connectivity index (χ0v) is 16.2. The SMILES string of the molecule is CC(C)C(CNC(=O)c1ccc(-c2ccccc2F)o1)N1CCN(C)CC1. The lowest BCUT2D eigenvalue weighted by Gasteiger charge is -2.39. The number of likely N-dealkylation sites (N-methyl/N-ethyl adjacent to an activating group) is 1. The van der Waals surface area contributed by atoms with Crippen LogP contribution in [0, 0.1) is 11.7 Å². The average molecular weight is 373 g/mol. The Balaban J connectivity index is 1.62. The molecule has 0 radical (unpaired) electrons. The van der Waals surface area contributed by atoms with E-state index >= 15 is 0 Å². The van der Waals surface area contributed by atoms with Gasteiger partial charge in [-0.2, -0.15) is 0 Å². The average Bonchev–Trinajstić information content (AvgIpc) is 3.13. The van der Waals surface area contributed by atoms with E-state index in [1.54, 1.807) is 30.3 Å². The third-order valence-corrected chi connectivity index (χ3v) is 5.22. The first-order valence-corrected chi connectivity index (χ1v) is 9.51. The number of furan rings is 1. The Labute approximate surface area is 160 Å². The Morgan fingerprint density at radius 3 is 2.52 bits per heavy atom. The van der Waals surface area contributed by atoms with Gasteiger partial charge in [-0.1, -0.05) is 26.0 Å². The van der Waals surface area contributed by atoms with Crippen LogP contribution in [0.5, 0.6) is 0 Å². The van der Waals surface area contributed by atoms with Crippen molar-refractivity contribution in [2.45, 2.75) is 19.9 Å². The fraction of sp³-hybridized carbons (Fsp3) is 0.476. The highest BCUT2D eigenvalue weighted by Gasteiger charge is 2.26. The molecule has 1 aliphatic rings. The minimum atomic E-state index is -0.367. The molecule has 3 rings (SSSR count). The van der Waals surface area contributed by atoms with Gasteiger partial charge >= 0.3 is 0 Å². The molecule has 2 heterocycles. The van der Waals surface area contributed by atoms with Crippen molar-refractivity contribution in [1.29, 1.82) is 0 Å². The number of rotatable bonds is 6. The summed E-state index contributed by atoms with van der Waals surface area (Å²) in [5.41, 5.74) is 0.356. The van der Waals surface area contributed by atoms with E-state index in [0.29, 0.717) is 23.8 Å². The maximum Gasteiger partial charge on any atom is 0.287 e. The first-order valence-electron chi connectivity index (χ1n) is 9.51. The van der Waals surface area contributed by atoms with Crippen molar-refractivity contribution in [1.82, 2.24) is 15.1 Å². The molecule has 1 saturated heterocycles. The van der Waals surface area contributed by atoms with Crippen LogP contribution in [0.25, 0.3) is 11.3 Å². The number of nitrogens with zero attached hydrogens (tertiary/aromatic N) is 2.